The Morgan fingerprint density at radius 2 is 2.25 bits per heavy atom. The summed E-state index contributed by atoms with van der Waals surface area (Å²) in [4.78, 5) is 2.08. The molecule has 16 heavy (non-hydrogen) atoms. The van der Waals surface area contributed by atoms with E-state index in [-0.39, 0.29) is 0 Å². The lowest BCUT2D eigenvalue weighted by molar-refractivity contribution is 0.412. The van der Waals surface area contributed by atoms with E-state index in [0.717, 1.165) is 0 Å². The van der Waals surface area contributed by atoms with Gasteiger partial charge in [0.05, 0.1) is 0 Å². The van der Waals surface area contributed by atoms with Crippen molar-refractivity contribution < 1.29 is 5.11 Å². The highest BCUT2D eigenvalue weighted by Crippen LogP contribution is 2.41. The smallest absolute Gasteiger partial charge is 0.115 e. The molecule has 1 nitrogen and oxygen atoms in total. The third-order valence-corrected chi connectivity index (χ3v) is 4.20. The van der Waals surface area contributed by atoms with Gasteiger partial charge >= 0.3 is 0 Å². The highest BCUT2D eigenvalue weighted by Gasteiger charge is 2.26. The molecule has 0 radical (unpaired) electrons. The molecule has 0 unspecified atom stereocenters. The molecule has 1 saturated carbocycles. The van der Waals surface area contributed by atoms with Crippen LogP contribution in [-0.4, -0.2) is 5.11 Å². The van der Waals surface area contributed by atoms with Crippen molar-refractivity contribution in [3.05, 3.63) is 40.4 Å². The van der Waals surface area contributed by atoms with Crippen LogP contribution >= 0.6 is 15.9 Å². The van der Waals surface area contributed by atoms with Gasteiger partial charge in [0.1, 0.15) is 5.75 Å². The summed E-state index contributed by atoms with van der Waals surface area (Å²) in [7, 11) is 0. The number of aromatic hydroxyl groups is 1. The van der Waals surface area contributed by atoms with Crippen LogP contribution in [0.1, 0.15) is 37.7 Å². The average Bonchev–Trinajstić information content (AvgIpc) is 2.29. The molecule has 1 aromatic carbocycles. The second-order valence-corrected chi connectivity index (χ2v) is 5.02. The van der Waals surface area contributed by atoms with E-state index in [0.29, 0.717) is 17.6 Å². The molecule has 0 bridgehead atoms. The fourth-order valence-corrected chi connectivity index (χ4v) is 3.27. The lowest BCUT2D eigenvalue weighted by Crippen LogP contribution is -2.17. The van der Waals surface area contributed by atoms with Crippen LogP contribution < -0.4 is 0 Å². The zero-order valence-electron chi connectivity index (χ0n) is 9.49. The van der Waals surface area contributed by atoms with Crippen molar-refractivity contribution in [3.8, 4) is 5.75 Å². The topological polar surface area (TPSA) is 20.2 Å². The summed E-state index contributed by atoms with van der Waals surface area (Å²) in [6.45, 7) is 2.28. The predicted molar refractivity (Wildman–Crippen MR) is 70.9 cm³/mol. The summed E-state index contributed by atoms with van der Waals surface area (Å²) < 4.78 is 0. The van der Waals surface area contributed by atoms with E-state index in [1.54, 1.807) is 6.07 Å². The van der Waals surface area contributed by atoms with Gasteiger partial charge < -0.3 is 5.11 Å². The molecular weight excluding hydrogens is 264 g/mol. The molecule has 0 saturated heterocycles. The number of benzene rings is 1. The van der Waals surface area contributed by atoms with Crippen LogP contribution in [0.5, 0.6) is 5.75 Å². The van der Waals surface area contributed by atoms with Crippen molar-refractivity contribution in [2.75, 3.05) is 0 Å². The van der Waals surface area contributed by atoms with Gasteiger partial charge in [0.25, 0.3) is 0 Å². The molecule has 1 N–H and O–H groups in total. The van der Waals surface area contributed by atoms with E-state index >= 15 is 0 Å². The third-order valence-electron chi connectivity index (χ3n) is 3.61. The normalized spacial score (nSPS) is 28.2. The number of phenols is 1. The maximum atomic E-state index is 9.53. The highest BCUT2D eigenvalue weighted by molar-refractivity contribution is 9.11. The fourth-order valence-electron chi connectivity index (χ4n) is 2.63. The van der Waals surface area contributed by atoms with E-state index < -0.39 is 0 Å². The van der Waals surface area contributed by atoms with Crippen molar-refractivity contribution >= 4 is 15.9 Å². The Morgan fingerprint density at radius 1 is 1.44 bits per heavy atom. The molecule has 0 aromatic heterocycles. The van der Waals surface area contributed by atoms with E-state index in [1.807, 2.05) is 12.1 Å². The van der Waals surface area contributed by atoms with Gasteiger partial charge in [0, 0.05) is 0 Å². The van der Waals surface area contributed by atoms with Crippen LogP contribution in [0.25, 0.3) is 0 Å². The van der Waals surface area contributed by atoms with Crippen molar-refractivity contribution in [1.82, 2.24) is 0 Å². The minimum absolute atomic E-state index is 0.375. The van der Waals surface area contributed by atoms with Gasteiger partial charge in [-0.15, -0.1) is 0 Å². The summed E-state index contributed by atoms with van der Waals surface area (Å²) in [5.74, 6) is 1.49. The molecule has 0 aliphatic heterocycles. The highest BCUT2D eigenvalue weighted by atomic mass is 79.9. The first-order valence-electron chi connectivity index (χ1n) is 5.80. The second-order valence-electron chi connectivity index (χ2n) is 4.57. The molecular formula is C14H17BrO. The van der Waals surface area contributed by atoms with Crippen LogP contribution in [0, 0.1) is 5.92 Å². The Hall–Kier alpha value is -0.760. The summed E-state index contributed by atoms with van der Waals surface area (Å²) in [6.07, 6.45) is 3.65. The molecule has 0 spiro atoms. The van der Waals surface area contributed by atoms with Crippen LogP contribution in [-0.2, 0) is 0 Å². The van der Waals surface area contributed by atoms with Crippen molar-refractivity contribution in [3.63, 3.8) is 0 Å². The van der Waals surface area contributed by atoms with Crippen molar-refractivity contribution in [1.29, 1.82) is 0 Å². The SMILES string of the molecule is C[C@H]1/C(=C/Br)CCC[C@@H]1c1cccc(O)c1. The average molecular weight is 281 g/mol. The number of halogens is 1. The van der Waals surface area contributed by atoms with Crippen molar-refractivity contribution in [2.24, 2.45) is 5.92 Å². The molecule has 2 rings (SSSR count). The van der Waals surface area contributed by atoms with Crippen LogP contribution in [0.2, 0.25) is 0 Å². The summed E-state index contributed by atoms with van der Waals surface area (Å²) in [6, 6.07) is 7.69. The standard InChI is InChI=1S/C14H17BrO/c1-10-12(9-15)5-3-7-14(10)11-4-2-6-13(16)8-11/h2,4,6,8-10,14,16H,3,5,7H2,1H3/b12-9+/t10-,14-/m0/s1. The number of phenolic OH excluding ortho intramolecular Hbond substituents is 1. The number of hydrogen-bond donors (Lipinski definition) is 1. The monoisotopic (exact) mass is 280 g/mol. The molecule has 1 aromatic rings. The van der Waals surface area contributed by atoms with E-state index in [9.17, 15) is 5.11 Å². The van der Waals surface area contributed by atoms with Gasteiger partial charge in [-0.3, -0.25) is 0 Å². The van der Waals surface area contributed by atoms with Gasteiger partial charge in [-0.1, -0.05) is 40.6 Å². The van der Waals surface area contributed by atoms with Gasteiger partial charge in [-0.05, 0) is 53.8 Å². The lowest BCUT2D eigenvalue weighted by Gasteiger charge is -2.31. The Kier molecular flexibility index (Phi) is 3.70. The van der Waals surface area contributed by atoms with E-state index in [1.165, 1.54) is 30.4 Å². The van der Waals surface area contributed by atoms with E-state index in [2.05, 4.69) is 33.9 Å². The summed E-state index contributed by atoms with van der Waals surface area (Å²) in [5.41, 5.74) is 2.75. The van der Waals surface area contributed by atoms with Crippen LogP contribution in [0.15, 0.2) is 34.8 Å². The fraction of sp³-hybridized carbons (Fsp3) is 0.429. The molecule has 0 heterocycles. The summed E-state index contributed by atoms with van der Waals surface area (Å²) >= 11 is 3.45. The predicted octanol–water partition coefficient (Wildman–Crippen LogP) is 4.57. The number of hydrogen-bond acceptors (Lipinski definition) is 1. The zero-order chi connectivity index (χ0) is 11.5. The minimum Gasteiger partial charge on any atom is -0.508 e. The Balaban J connectivity index is 2.26. The molecule has 1 fully saturated rings. The van der Waals surface area contributed by atoms with Crippen molar-refractivity contribution in [2.45, 2.75) is 32.1 Å². The number of allylic oxidation sites excluding steroid dienone is 1. The molecule has 1 aliphatic carbocycles. The quantitative estimate of drug-likeness (QED) is 0.799. The third kappa shape index (κ3) is 2.32. The molecule has 2 atom stereocenters. The van der Waals surface area contributed by atoms with Gasteiger partial charge in [-0.2, -0.15) is 0 Å². The first-order chi connectivity index (χ1) is 7.72. The minimum atomic E-state index is 0.375. The molecule has 1 aliphatic rings. The Bertz CT molecular complexity index is 397. The molecule has 2 heteroatoms. The number of rotatable bonds is 1. The lowest BCUT2D eigenvalue weighted by atomic mass is 9.74. The van der Waals surface area contributed by atoms with Gasteiger partial charge in [0.2, 0.25) is 0 Å². The first kappa shape index (κ1) is 11.7. The van der Waals surface area contributed by atoms with Crippen LogP contribution in [0.4, 0.5) is 0 Å². The maximum absolute atomic E-state index is 9.53. The summed E-state index contributed by atoms with van der Waals surface area (Å²) in [5, 5.41) is 9.53. The van der Waals surface area contributed by atoms with E-state index in [4.69, 9.17) is 0 Å². The molecule has 86 valence electrons. The van der Waals surface area contributed by atoms with Crippen LogP contribution in [0.3, 0.4) is 0 Å². The first-order valence-corrected chi connectivity index (χ1v) is 6.72. The largest absolute Gasteiger partial charge is 0.508 e. The second kappa shape index (κ2) is 5.05. The molecule has 0 amide bonds. The Morgan fingerprint density at radius 3 is 2.94 bits per heavy atom. The van der Waals surface area contributed by atoms with Gasteiger partial charge in [-0.25, -0.2) is 0 Å². The Labute approximate surface area is 105 Å². The van der Waals surface area contributed by atoms with Gasteiger partial charge in [0.15, 0.2) is 0 Å². The maximum Gasteiger partial charge on any atom is 0.115 e. The zero-order valence-corrected chi connectivity index (χ0v) is 11.1.